The Morgan fingerprint density at radius 2 is 1.84 bits per heavy atom. The van der Waals surface area contributed by atoms with Gasteiger partial charge in [-0.2, -0.15) is 5.10 Å². The summed E-state index contributed by atoms with van der Waals surface area (Å²) in [7, 11) is 3.66. The maximum absolute atomic E-state index is 12.2. The van der Waals surface area contributed by atoms with Gasteiger partial charge in [0.25, 0.3) is 0 Å². The van der Waals surface area contributed by atoms with E-state index in [1.165, 1.54) is 0 Å². The minimum absolute atomic E-state index is 0.145. The fourth-order valence-electron chi connectivity index (χ4n) is 3.50. The predicted molar refractivity (Wildman–Crippen MR) is 95.4 cm³/mol. The molecule has 128 valence electrons. The average molecular weight is 337 g/mol. The maximum atomic E-state index is 12.2. The molecule has 1 aromatic carbocycles. The Bertz CT molecular complexity index is 1150. The zero-order valence-corrected chi connectivity index (χ0v) is 14.8. The third-order valence-electron chi connectivity index (χ3n) is 4.62. The van der Waals surface area contributed by atoms with Gasteiger partial charge in [0.2, 0.25) is 0 Å². The third-order valence-corrected chi connectivity index (χ3v) is 4.62. The second-order valence-electron chi connectivity index (χ2n) is 6.41. The molecule has 3 heterocycles. The van der Waals surface area contributed by atoms with Crippen LogP contribution in [0, 0.1) is 20.8 Å². The number of benzene rings is 1. The Morgan fingerprint density at radius 3 is 2.44 bits per heavy atom. The average Bonchev–Trinajstić information content (AvgIpc) is 3.16. The summed E-state index contributed by atoms with van der Waals surface area (Å²) in [6.45, 7) is 5.77. The second-order valence-corrected chi connectivity index (χ2v) is 6.41. The fraction of sp³-hybridized carbons (Fsp3) is 0.278. The summed E-state index contributed by atoms with van der Waals surface area (Å²) in [5.74, 6) is 0.754. The fourth-order valence-corrected chi connectivity index (χ4v) is 3.50. The number of H-pyrrole nitrogens is 1. The summed E-state index contributed by atoms with van der Waals surface area (Å²) in [4.78, 5) is 15.1. The smallest absolute Gasteiger partial charge is 0.326 e. The van der Waals surface area contributed by atoms with Crippen LogP contribution in [0.4, 0.5) is 0 Å². The van der Waals surface area contributed by atoms with Gasteiger partial charge in [-0.1, -0.05) is 5.16 Å². The summed E-state index contributed by atoms with van der Waals surface area (Å²) < 4.78 is 8.74. The van der Waals surface area contributed by atoms with Crippen molar-refractivity contribution in [2.24, 2.45) is 14.1 Å². The van der Waals surface area contributed by atoms with Crippen molar-refractivity contribution in [1.82, 2.24) is 24.5 Å². The first-order valence-corrected chi connectivity index (χ1v) is 8.03. The molecule has 0 bridgehead atoms. The van der Waals surface area contributed by atoms with E-state index in [-0.39, 0.29) is 5.69 Å². The summed E-state index contributed by atoms with van der Waals surface area (Å²) in [5, 5.41) is 8.50. The number of aromatic nitrogens is 5. The molecule has 25 heavy (non-hydrogen) atoms. The summed E-state index contributed by atoms with van der Waals surface area (Å²) in [6, 6.07) is 4.05. The summed E-state index contributed by atoms with van der Waals surface area (Å²) in [6.07, 6.45) is 1.97. The third kappa shape index (κ3) is 2.23. The molecule has 4 aromatic rings. The number of nitrogens with zero attached hydrogens (tertiary/aromatic N) is 4. The molecule has 0 aliphatic rings. The van der Waals surface area contributed by atoms with Crippen molar-refractivity contribution in [2.75, 3.05) is 0 Å². The summed E-state index contributed by atoms with van der Waals surface area (Å²) in [5.41, 5.74) is 7.10. The van der Waals surface area contributed by atoms with Crippen molar-refractivity contribution in [3.8, 4) is 22.3 Å². The van der Waals surface area contributed by atoms with E-state index in [0.29, 0.717) is 0 Å². The number of rotatable bonds is 2. The molecule has 0 saturated carbocycles. The van der Waals surface area contributed by atoms with E-state index in [1.54, 1.807) is 16.3 Å². The number of hydrogen-bond donors (Lipinski definition) is 1. The zero-order valence-electron chi connectivity index (χ0n) is 14.8. The topological polar surface area (TPSA) is 81.6 Å². The largest absolute Gasteiger partial charge is 0.361 e. The number of hydrogen-bond acceptors (Lipinski definition) is 4. The molecule has 4 rings (SSSR count). The monoisotopic (exact) mass is 337 g/mol. The van der Waals surface area contributed by atoms with Gasteiger partial charge in [0.1, 0.15) is 5.76 Å². The number of nitrogens with one attached hydrogen (secondary N) is 1. The van der Waals surface area contributed by atoms with Gasteiger partial charge in [0.15, 0.2) is 0 Å². The highest BCUT2D eigenvalue weighted by Crippen LogP contribution is 2.36. The first-order valence-electron chi connectivity index (χ1n) is 8.03. The molecule has 7 heteroatoms. The highest BCUT2D eigenvalue weighted by atomic mass is 16.5. The zero-order chi connectivity index (χ0) is 17.9. The number of aryl methyl sites for hydroxylation is 5. The van der Waals surface area contributed by atoms with Crippen LogP contribution in [0.15, 0.2) is 27.6 Å². The highest BCUT2D eigenvalue weighted by Gasteiger charge is 2.19. The van der Waals surface area contributed by atoms with E-state index in [1.807, 2.05) is 40.1 Å². The van der Waals surface area contributed by atoms with Crippen LogP contribution in [0.3, 0.4) is 0 Å². The van der Waals surface area contributed by atoms with Gasteiger partial charge in [0, 0.05) is 37.0 Å². The van der Waals surface area contributed by atoms with Gasteiger partial charge in [-0.15, -0.1) is 0 Å². The van der Waals surface area contributed by atoms with E-state index in [0.717, 1.165) is 50.4 Å². The van der Waals surface area contributed by atoms with Crippen LogP contribution in [0.25, 0.3) is 33.3 Å². The van der Waals surface area contributed by atoms with E-state index < -0.39 is 0 Å². The lowest BCUT2D eigenvalue weighted by Gasteiger charge is -2.08. The van der Waals surface area contributed by atoms with Gasteiger partial charge in [0.05, 0.1) is 22.4 Å². The molecule has 0 spiro atoms. The van der Waals surface area contributed by atoms with Gasteiger partial charge >= 0.3 is 5.69 Å². The van der Waals surface area contributed by atoms with Crippen LogP contribution < -0.4 is 5.69 Å². The van der Waals surface area contributed by atoms with Gasteiger partial charge in [-0.05, 0) is 38.5 Å². The summed E-state index contributed by atoms with van der Waals surface area (Å²) >= 11 is 0. The van der Waals surface area contributed by atoms with Gasteiger partial charge in [-0.3, -0.25) is 9.25 Å². The Kier molecular flexibility index (Phi) is 3.21. The van der Waals surface area contributed by atoms with Crippen molar-refractivity contribution in [3.05, 3.63) is 46.0 Å². The lowest BCUT2D eigenvalue weighted by Crippen LogP contribution is -2.12. The Labute approximate surface area is 143 Å². The molecule has 0 aliphatic heterocycles. The molecule has 0 unspecified atom stereocenters. The molecule has 3 aromatic heterocycles. The molecule has 0 atom stereocenters. The quantitative estimate of drug-likeness (QED) is 0.610. The molecule has 0 amide bonds. The highest BCUT2D eigenvalue weighted by molar-refractivity contribution is 5.97. The number of aromatic amines is 1. The molecule has 0 saturated heterocycles. The van der Waals surface area contributed by atoms with Crippen molar-refractivity contribution >= 4 is 11.0 Å². The van der Waals surface area contributed by atoms with Crippen LogP contribution >= 0.6 is 0 Å². The van der Waals surface area contributed by atoms with Crippen LogP contribution in [-0.2, 0) is 14.1 Å². The Balaban J connectivity index is 2.13. The van der Waals surface area contributed by atoms with E-state index in [9.17, 15) is 4.79 Å². The van der Waals surface area contributed by atoms with Crippen LogP contribution in [0.2, 0.25) is 0 Å². The van der Waals surface area contributed by atoms with Crippen molar-refractivity contribution in [3.63, 3.8) is 0 Å². The molecule has 0 fully saturated rings. The Hall–Kier alpha value is -3.09. The maximum Gasteiger partial charge on any atom is 0.326 e. The van der Waals surface area contributed by atoms with Crippen LogP contribution in [0.5, 0.6) is 0 Å². The van der Waals surface area contributed by atoms with Gasteiger partial charge in [-0.25, -0.2) is 4.79 Å². The Morgan fingerprint density at radius 1 is 1.08 bits per heavy atom. The first-order chi connectivity index (χ1) is 11.9. The minimum atomic E-state index is -0.145. The molecule has 0 radical (unpaired) electrons. The van der Waals surface area contributed by atoms with Crippen molar-refractivity contribution in [1.29, 1.82) is 0 Å². The molecule has 7 nitrogen and oxygen atoms in total. The van der Waals surface area contributed by atoms with Gasteiger partial charge < -0.3 is 9.51 Å². The van der Waals surface area contributed by atoms with Crippen molar-refractivity contribution < 1.29 is 4.52 Å². The minimum Gasteiger partial charge on any atom is -0.361 e. The van der Waals surface area contributed by atoms with Crippen LogP contribution in [-0.4, -0.2) is 24.5 Å². The second kappa shape index (κ2) is 5.20. The lowest BCUT2D eigenvalue weighted by atomic mass is 9.97. The van der Waals surface area contributed by atoms with E-state index in [4.69, 9.17) is 4.52 Å². The SMILES string of the molecule is Cc1nn(C)cc1-c1cc(-c2c(C)noc2C)cc2[nH]c(=O)n(C)c12. The lowest BCUT2D eigenvalue weighted by molar-refractivity contribution is 0.393. The van der Waals surface area contributed by atoms with Crippen LogP contribution in [0.1, 0.15) is 17.1 Å². The standard InChI is InChI=1S/C18H19N5O2/c1-9-14(8-22(4)20-9)13-6-12(16-10(2)21-25-11(16)3)7-15-17(13)23(5)18(24)19-15/h6-8H,1-5H3,(H,19,24). The first kappa shape index (κ1) is 15.4. The van der Waals surface area contributed by atoms with E-state index >= 15 is 0 Å². The number of fused-ring (bicyclic) bond motifs is 1. The number of imidazole rings is 1. The predicted octanol–water partition coefficient (Wildman–Crippen LogP) is 2.85. The normalized spacial score (nSPS) is 11.6. The molecule has 1 N–H and O–H groups in total. The van der Waals surface area contributed by atoms with Crippen molar-refractivity contribution in [2.45, 2.75) is 20.8 Å². The molecule has 0 aliphatic carbocycles. The molecular weight excluding hydrogens is 318 g/mol. The molecular formula is C18H19N5O2. The van der Waals surface area contributed by atoms with E-state index in [2.05, 4.69) is 21.3 Å².